The molecule has 1 aromatic carbocycles. The Kier molecular flexibility index (Phi) is 3.56. The fourth-order valence-electron chi connectivity index (χ4n) is 4.06. The smallest absolute Gasteiger partial charge is 0.272 e. The molecule has 1 aliphatic carbocycles. The van der Waals surface area contributed by atoms with Crippen molar-refractivity contribution < 1.29 is 9.18 Å². The van der Waals surface area contributed by atoms with Crippen LogP contribution in [0.4, 0.5) is 4.39 Å². The van der Waals surface area contributed by atoms with Crippen molar-refractivity contribution in [3.8, 4) is 0 Å². The minimum atomic E-state index is -0.402. The number of allylic oxidation sites excluding steroid dienone is 2. The second-order valence-corrected chi connectivity index (χ2v) is 7.43. The zero-order valence-electron chi connectivity index (χ0n) is 14.8. The van der Waals surface area contributed by atoms with Crippen LogP contribution in [0.25, 0.3) is 10.9 Å². The Morgan fingerprint density at radius 3 is 2.96 bits per heavy atom. The van der Waals surface area contributed by atoms with Gasteiger partial charge < -0.3 is 4.57 Å². The van der Waals surface area contributed by atoms with Crippen LogP contribution < -0.4 is 5.43 Å². The zero-order chi connectivity index (χ0) is 17.8. The number of benzene rings is 1. The monoisotopic (exact) mass is 339 g/mol. The lowest BCUT2D eigenvalue weighted by molar-refractivity contribution is 0.0956. The lowest BCUT2D eigenvalue weighted by Crippen LogP contribution is -2.18. The van der Waals surface area contributed by atoms with Crippen molar-refractivity contribution in [1.82, 2.24) is 9.99 Å². The first kappa shape index (κ1) is 16.1. The lowest BCUT2D eigenvalue weighted by atomic mass is 9.81. The van der Waals surface area contributed by atoms with Crippen molar-refractivity contribution in [3.63, 3.8) is 0 Å². The first-order valence-electron chi connectivity index (χ1n) is 8.82. The number of aromatic nitrogens is 1. The van der Waals surface area contributed by atoms with Crippen LogP contribution in [0.3, 0.4) is 0 Å². The molecular formula is C20H22FN3O. The van der Waals surface area contributed by atoms with E-state index in [1.807, 2.05) is 17.7 Å². The molecule has 4 rings (SSSR count). The number of nitrogens with one attached hydrogen (secondary N) is 1. The van der Waals surface area contributed by atoms with Gasteiger partial charge in [-0.3, -0.25) is 4.79 Å². The summed E-state index contributed by atoms with van der Waals surface area (Å²) in [5.74, 6) is -0.762. The highest BCUT2D eigenvalue weighted by molar-refractivity contribution is 6.24. The molecule has 0 saturated heterocycles. The summed E-state index contributed by atoms with van der Waals surface area (Å²) in [6, 6.07) is 2.82. The maximum absolute atomic E-state index is 14.1. The minimum absolute atomic E-state index is 0.0199. The Bertz CT molecular complexity index is 954. The average molecular weight is 339 g/mol. The maximum atomic E-state index is 14.1. The van der Waals surface area contributed by atoms with Gasteiger partial charge in [0.2, 0.25) is 0 Å². The van der Waals surface area contributed by atoms with Crippen molar-refractivity contribution >= 4 is 22.5 Å². The van der Waals surface area contributed by atoms with E-state index in [1.165, 1.54) is 12.1 Å². The number of carbonyl (C=O) groups excluding carboxylic acids is 1. The molecule has 1 N–H and O–H groups in total. The maximum Gasteiger partial charge on any atom is 0.272 e. The molecule has 1 amide bonds. The van der Waals surface area contributed by atoms with Gasteiger partial charge in [0.15, 0.2) is 0 Å². The van der Waals surface area contributed by atoms with E-state index in [1.54, 1.807) is 0 Å². The highest BCUT2D eigenvalue weighted by Gasteiger charge is 2.33. The number of amides is 1. The molecule has 0 radical (unpaired) electrons. The first-order valence-corrected chi connectivity index (χ1v) is 8.82. The van der Waals surface area contributed by atoms with Gasteiger partial charge in [-0.05, 0) is 36.5 Å². The summed E-state index contributed by atoms with van der Waals surface area (Å²) in [4.78, 5) is 12.4. The molecule has 0 bridgehead atoms. The zero-order valence-corrected chi connectivity index (χ0v) is 14.8. The Balaban J connectivity index is 2.02. The van der Waals surface area contributed by atoms with Gasteiger partial charge in [-0.2, -0.15) is 5.10 Å². The molecule has 0 saturated carbocycles. The molecule has 2 aliphatic rings. The average Bonchev–Trinajstić information content (AvgIpc) is 2.71. The van der Waals surface area contributed by atoms with Gasteiger partial charge in [0, 0.05) is 23.7 Å². The summed E-state index contributed by atoms with van der Waals surface area (Å²) >= 11 is 0. The summed E-state index contributed by atoms with van der Waals surface area (Å²) in [7, 11) is 1.95. The van der Waals surface area contributed by atoms with Crippen LogP contribution in [0.5, 0.6) is 0 Å². The van der Waals surface area contributed by atoms with Gasteiger partial charge in [0.25, 0.3) is 5.91 Å². The van der Waals surface area contributed by atoms with E-state index >= 15 is 0 Å². The van der Waals surface area contributed by atoms with E-state index in [0.717, 1.165) is 53.6 Å². The number of hydrogen-bond acceptors (Lipinski definition) is 2. The Labute approximate surface area is 146 Å². The lowest BCUT2D eigenvalue weighted by Gasteiger charge is -2.25. The SMILES string of the molecule is CCCC[C@@]1(C)C=CC2=NNC(=O)c3cc(F)cc4c3c2c(n4C)C1. The van der Waals surface area contributed by atoms with Crippen LogP contribution in [0, 0.1) is 11.2 Å². The van der Waals surface area contributed by atoms with Gasteiger partial charge in [-0.15, -0.1) is 0 Å². The van der Waals surface area contributed by atoms with E-state index in [-0.39, 0.29) is 11.3 Å². The number of carbonyl (C=O) groups is 1. The molecule has 1 atom stereocenters. The molecule has 25 heavy (non-hydrogen) atoms. The third-order valence-electron chi connectivity index (χ3n) is 5.48. The normalized spacial score (nSPS) is 21.8. The number of halogens is 1. The molecule has 1 aliphatic heterocycles. The van der Waals surface area contributed by atoms with E-state index < -0.39 is 5.82 Å². The van der Waals surface area contributed by atoms with Crippen molar-refractivity contribution in [2.75, 3.05) is 0 Å². The number of rotatable bonds is 3. The van der Waals surface area contributed by atoms with Crippen LogP contribution in [-0.2, 0) is 13.5 Å². The fourth-order valence-corrected chi connectivity index (χ4v) is 4.06. The topological polar surface area (TPSA) is 46.4 Å². The summed E-state index contributed by atoms with van der Waals surface area (Å²) in [5, 5.41) is 5.12. The van der Waals surface area contributed by atoms with Gasteiger partial charge in [0.1, 0.15) is 5.82 Å². The predicted molar refractivity (Wildman–Crippen MR) is 97.4 cm³/mol. The standard InChI is InChI=1S/C20H22FN3O/c1-4-5-7-20(2)8-6-14-18-16(11-20)24(3)15-10-12(21)9-13(17(15)18)19(25)23-22-14/h6,8-10H,4-5,7,11H2,1-3H3,(H,23,25)/t20-/m0/s1. The Hall–Kier alpha value is -2.43. The molecule has 5 heteroatoms. The number of nitrogens with zero attached hydrogens (tertiary/aromatic N) is 2. The van der Waals surface area contributed by atoms with Crippen molar-refractivity contribution in [2.24, 2.45) is 17.6 Å². The van der Waals surface area contributed by atoms with Gasteiger partial charge in [-0.1, -0.05) is 32.8 Å². The van der Waals surface area contributed by atoms with Crippen molar-refractivity contribution in [2.45, 2.75) is 39.5 Å². The van der Waals surface area contributed by atoms with Crippen molar-refractivity contribution in [3.05, 3.63) is 46.9 Å². The van der Waals surface area contributed by atoms with Crippen LogP contribution in [0.15, 0.2) is 29.4 Å². The number of aryl methyl sites for hydroxylation is 1. The van der Waals surface area contributed by atoms with Gasteiger partial charge >= 0.3 is 0 Å². The van der Waals surface area contributed by atoms with Crippen LogP contribution in [0.1, 0.15) is 54.7 Å². The van der Waals surface area contributed by atoms with E-state index in [4.69, 9.17) is 0 Å². The van der Waals surface area contributed by atoms with Crippen LogP contribution >= 0.6 is 0 Å². The molecule has 0 fully saturated rings. The Morgan fingerprint density at radius 1 is 1.40 bits per heavy atom. The minimum Gasteiger partial charge on any atom is -0.347 e. The number of hydrazone groups is 1. The quantitative estimate of drug-likeness (QED) is 0.900. The molecule has 4 nitrogen and oxygen atoms in total. The van der Waals surface area contributed by atoms with Crippen LogP contribution in [0.2, 0.25) is 0 Å². The summed E-state index contributed by atoms with van der Waals surface area (Å²) < 4.78 is 16.1. The Morgan fingerprint density at radius 2 is 2.20 bits per heavy atom. The number of hydrogen-bond donors (Lipinski definition) is 1. The highest BCUT2D eigenvalue weighted by Crippen LogP contribution is 2.40. The second kappa shape index (κ2) is 5.55. The van der Waals surface area contributed by atoms with Crippen molar-refractivity contribution in [1.29, 1.82) is 0 Å². The van der Waals surface area contributed by atoms with E-state index in [0.29, 0.717) is 5.56 Å². The van der Waals surface area contributed by atoms with Gasteiger partial charge in [0.05, 0.1) is 16.8 Å². The van der Waals surface area contributed by atoms with E-state index in [2.05, 4.69) is 30.5 Å². The molecule has 2 aromatic rings. The summed E-state index contributed by atoms with van der Waals surface area (Å²) in [6.07, 6.45) is 8.47. The summed E-state index contributed by atoms with van der Waals surface area (Å²) in [6.45, 7) is 4.46. The molecule has 2 heterocycles. The molecule has 0 unspecified atom stereocenters. The fraction of sp³-hybridized carbons (Fsp3) is 0.400. The second-order valence-electron chi connectivity index (χ2n) is 7.43. The molecule has 0 spiro atoms. The molecular weight excluding hydrogens is 317 g/mol. The first-order chi connectivity index (χ1) is 11.9. The van der Waals surface area contributed by atoms with E-state index in [9.17, 15) is 9.18 Å². The highest BCUT2D eigenvalue weighted by atomic mass is 19.1. The van der Waals surface area contributed by atoms with Crippen LogP contribution in [-0.4, -0.2) is 16.2 Å². The number of unbranched alkanes of at least 4 members (excludes halogenated alkanes) is 1. The molecule has 1 aromatic heterocycles. The summed E-state index contributed by atoms with van der Waals surface area (Å²) in [5.41, 5.74) is 6.51. The molecule has 130 valence electrons. The predicted octanol–water partition coefficient (Wildman–Crippen LogP) is 4.07. The largest absolute Gasteiger partial charge is 0.347 e. The third kappa shape index (κ3) is 2.41. The van der Waals surface area contributed by atoms with Gasteiger partial charge in [-0.25, -0.2) is 9.82 Å². The third-order valence-corrected chi connectivity index (χ3v) is 5.48.